The van der Waals surface area contributed by atoms with Crippen molar-refractivity contribution in [1.29, 1.82) is 0 Å². The molecule has 1 aromatic rings. The number of carbonyl (C=O) groups excluding carboxylic acids is 1. The molecule has 1 amide bonds. The zero-order valence-electron chi connectivity index (χ0n) is 11.3. The van der Waals surface area contributed by atoms with Crippen molar-refractivity contribution < 1.29 is 19.6 Å². The molecular weight excluding hydrogens is 278 g/mol. The van der Waals surface area contributed by atoms with Crippen LogP contribution < -0.4 is 0 Å². The topological polar surface area (TPSA) is 106 Å². The largest absolute Gasteiger partial charge is 0.480 e. The number of carboxylic acids is 1. The van der Waals surface area contributed by atoms with Crippen molar-refractivity contribution in [3.63, 3.8) is 0 Å². The molecule has 21 heavy (non-hydrogen) atoms. The van der Waals surface area contributed by atoms with Gasteiger partial charge in [-0.3, -0.25) is 14.9 Å². The van der Waals surface area contributed by atoms with E-state index in [0.717, 1.165) is 12.8 Å². The van der Waals surface area contributed by atoms with Crippen molar-refractivity contribution in [2.24, 2.45) is 0 Å². The maximum Gasteiger partial charge on any atom is 0.326 e. The Bertz CT molecular complexity index is 619. The lowest BCUT2D eigenvalue weighted by atomic mass is 10.2. The highest BCUT2D eigenvalue weighted by molar-refractivity contribution is 5.96. The molecule has 1 unspecified atom stereocenters. The highest BCUT2D eigenvalue weighted by atomic mass is 16.6. The summed E-state index contributed by atoms with van der Waals surface area (Å²) >= 11 is 0. The molecule has 8 heteroatoms. The van der Waals surface area contributed by atoms with Crippen LogP contribution in [-0.2, 0) is 4.79 Å². The summed E-state index contributed by atoms with van der Waals surface area (Å²) in [5.41, 5.74) is 0.0914. The van der Waals surface area contributed by atoms with Gasteiger partial charge in [-0.2, -0.15) is 0 Å². The standard InChI is InChI=1S/C13H15N3O5/c17-12(14-5-1-2-10(14)13(18)19)11-6-9(16(20)21)7-15(11)8-3-4-8/h6-8,10H,1-5H2,(H,18,19). The highest BCUT2D eigenvalue weighted by Gasteiger charge is 2.38. The molecule has 2 aliphatic rings. The number of aromatic nitrogens is 1. The number of rotatable bonds is 4. The molecule has 0 bridgehead atoms. The second-order valence-corrected chi connectivity index (χ2v) is 5.47. The molecule has 1 aromatic heterocycles. The van der Waals surface area contributed by atoms with Crippen LogP contribution in [-0.4, -0.2) is 44.0 Å². The Morgan fingerprint density at radius 2 is 2.05 bits per heavy atom. The third-order valence-electron chi connectivity index (χ3n) is 4.00. The van der Waals surface area contributed by atoms with Gasteiger partial charge < -0.3 is 14.6 Å². The molecule has 0 aromatic carbocycles. The number of hydrogen-bond donors (Lipinski definition) is 1. The minimum Gasteiger partial charge on any atom is -0.480 e. The lowest BCUT2D eigenvalue weighted by Gasteiger charge is -2.21. The van der Waals surface area contributed by atoms with Gasteiger partial charge in [0.2, 0.25) is 0 Å². The molecule has 2 fully saturated rings. The fourth-order valence-electron chi connectivity index (χ4n) is 2.80. The summed E-state index contributed by atoms with van der Waals surface area (Å²) in [5, 5.41) is 20.1. The van der Waals surface area contributed by atoms with E-state index in [9.17, 15) is 19.7 Å². The fraction of sp³-hybridized carbons (Fsp3) is 0.538. The van der Waals surface area contributed by atoms with Crippen molar-refractivity contribution in [3.8, 4) is 0 Å². The van der Waals surface area contributed by atoms with Crippen LogP contribution in [0.2, 0.25) is 0 Å². The average Bonchev–Trinajstić information content (AvgIpc) is 3.01. The van der Waals surface area contributed by atoms with E-state index in [1.165, 1.54) is 17.2 Å². The summed E-state index contributed by atoms with van der Waals surface area (Å²) in [5.74, 6) is -1.46. The number of carboxylic acid groups (broad SMARTS) is 1. The van der Waals surface area contributed by atoms with E-state index in [-0.39, 0.29) is 17.4 Å². The van der Waals surface area contributed by atoms with Gasteiger partial charge in [0.15, 0.2) is 0 Å². The summed E-state index contributed by atoms with van der Waals surface area (Å²) in [6.07, 6.45) is 4.20. The molecular formula is C13H15N3O5. The Morgan fingerprint density at radius 3 is 2.62 bits per heavy atom. The van der Waals surface area contributed by atoms with Gasteiger partial charge in [-0.15, -0.1) is 0 Å². The van der Waals surface area contributed by atoms with Gasteiger partial charge in [-0.05, 0) is 25.7 Å². The molecule has 0 radical (unpaired) electrons. The minimum absolute atomic E-state index is 0.114. The number of nitrogens with zero attached hydrogens (tertiary/aromatic N) is 3. The normalized spacial score (nSPS) is 21.5. The van der Waals surface area contributed by atoms with Crippen LogP contribution in [0.5, 0.6) is 0 Å². The predicted molar refractivity (Wildman–Crippen MR) is 71.1 cm³/mol. The highest BCUT2D eigenvalue weighted by Crippen LogP contribution is 2.38. The maximum atomic E-state index is 12.6. The number of amides is 1. The van der Waals surface area contributed by atoms with E-state index in [1.54, 1.807) is 4.57 Å². The Balaban J connectivity index is 1.93. The molecule has 8 nitrogen and oxygen atoms in total. The van der Waals surface area contributed by atoms with E-state index in [1.807, 2.05) is 0 Å². The Morgan fingerprint density at radius 1 is 1.33 bits per heavy atom. The summed E-state index contributed by atoms with van der Waals surface area (Å²) < 4.78 is 1.62. The van der Waals surface area contributed by atoms with E-state index >= 15 is 0 Å². The second-order valence-electron chi connectivity index (χ2n) is 5.47. The van der Waals surface area contributed by atoms with Crippen LogP contribution in [0.4, 0.5) is 5.69 Å². The van der Waals surface area contributed by atoms with E-state index in [0.29, 0.717) is 19.4 Å². The average molecular weight is 293 g/mol. The van der Waals surface area contributed by atoms with Crippen LogP contribution >= 0.6 is 0 Å². The van der Waals surface area contributed by atoms with Crippen LogP contribution in [0.3, 0.4) is 0 Å². The van der Waals surface area contributed by atoms with E-state index in [4.69, 9.17) is 5.11 Å². The smallest absolute Gasteiger partial charge is 0.326 e. The van der Waals surface area contributed by atoms with Crippen molar-refractivity contribution in [2.45, 2.75) is 37.8 Å². The van der Waals surface area contributed by atoms with Gasteiger partial charge in [-0.25, -0.2) is 4.79 Å². The lowest BCUT2D eigenvalue weighted by molar-refractivity contribution is -0.384. The third kappa shape index (κ3) is 2.37. The van der Waals surface area contributed by atoms with Crippen LogP contribution in [0, 0.1) is 10.1 Å². The van der Waals surface area contributed by atoms with Crippen molar-refractivity contribution >= 4 is 17.6 Å². The van der Waals surface area contributed by atoms with Gasteiger partial charge in [0.05, 0.1) is 11.1 Å². The first-order valence-corrected chi connectivity index (χ1v) is 6.89. The Kier molecular flexibility index (Phi) is 3.15. The third-order valence-corrected chi connectivity index (χ3v) is 4.00. The second kappa shape index (κ2) is 4.87. The van der Waals surface area contributed by atoms with Gasteiger partial charge >= 0.3 is 5.97 Å². The molecule has 1 aliphatic carbocycles. The van der Waals surface area contributed by atoms with Crippen LogP contribution in [0.25, 0.3) is 0 Å². The van der Waals surface area contributed by atoms with E-state index < -0.39 is 22.8 Å². The molecule has 1 N–H and O–H groups in total. The summed E-state index contributed by atoms with van der Waals surface area (Å²) in [7, 11) is 0. The quantitative estimate of drug-likeness (QED) is 0.667. The van der Waals surface area contributed by atoms with Crippen LogP contribution in [0.1, 0.15) is 42.2 Å². The first kappa shape index (κ1) is 13.6. The lowest BCUT2D eigenvalue weighted by Crippen LogP contribution is -2.41. The Hall–Kier alpha value is -2.38. The van der Waals surface area contributed by atoms with Crippen molar-refractivity contribution in [3.05, 3.63) is 28.1 Å². The van der Waals surface area contributed by atoms with Gasteiger partial charge in [0.25, 0.3) is 11.6 Å². The van der Waals surface area contributed by atoms with Gasteiger partial charge in [0, 0.05) is 18.7 Å². The molecule has 1 aliphatic heterocycles. The summed E-state index contributed by atoms with van der Waals surface area (Å²) in [6, 6.07) is 0.528. The molecule has 0 spiro atoms. The number of hydrogen-bond acceptors (Lipinski definition) is 4. The van der Waals surface area contributed by atoms with Crippen molar-refractivity contribution in [1.82, 2.24) is 9.47 Å². The number of likely N-dealkylation sites (tertiary alicyclic amines) is 1. The molecule has 2 heterocycles. The summed E-state index contributed by atoms with van der Waals surface area (Å²) in [6.45, 7) is 0.374. The maximum absolute atomic E-state index is 12.6. The number of carbonyl (C=O) groups is 2. The molecule has 112 valence electrons. The fourth-order valence-corrected chi connectivity index (χ4v) is 2.80. The zero-order chi connectivity index (χ0) is 15.1. The van der Waals surface area contributed by atoms with Gasteiger partial charge in [-0.1, -0.05) is 0 Å². The monoisotopic (exact) mass is 293 g/mol. The Labute approximate surface area is 120 Å². The zero-order valence-corrected chi connectivity index (χ0v) is 11.3. The molecule has 1 saturated heterocycles. The number of nitro groups is 1. The van der Waals surface area contributed by atoms with Crippen LogP contribution in [0.15, 0.2) is 12.3 Å². The number of aliphatic carboxylic acids is 1. The first-order valence-electron chi connectivity index (χ1n) is 6.89. The molecule has 3 rings (SSSR count). The predicted octanol–water partition coefficient (Wildman–Crippen LogP) is 1.42. The SMILES string of the molecule is O=C(O)C1CCCN1C(=O)c1cc([N+](=O)[O-])cn1C1CC1. The first-order chi connectivity index (χ1) is 9.99. The van der Waals surface area contributed by atoms with Gasteiger partial charge in [0.1, 0.15) is 11.7 Å². The minimum atomic E-state index is -1.03. The molecule has 1 saturated carbocycles. The van der Waals surface area contributed by atoms with E-state index in [2.05, 4.69) is 0 Å². The molecule has 1 atom stereocenters. The summed E-state index contributed by atoms with van der Waals surface area (Å²) in [4.78, 5) is 35.4. The van der Waals surface area contributed by atoms with Crippen molar-refractivity contribution in [2.75, 3.05) is 6.54 Å².